The quantitative estimate of drug-likeness (QED) is 0.913. The average Bonchev–Trinajstić information content (AvgIpc) is 2.42. The largest absolute Gasteiger partial charge is 0.316 e. The Morgan fingerprint density at radius 3 is 2.74 bits per heavy atom. The third kappa shape index (κ3) is 4.11. The molecular weight excluding hydrogens is 307 g/mol. The molecule has 0 saturated carbocycles. The normalized spacial score (nSPS) is 12.4. The molecule has 0 radical (unpaired) electrons. The van der Waals surface area contributed by atoms with Crippen molar-refractivity contribution in [2.24, 2.45) is 0 Å². The number of hydrogen-bond donors (Lipinski definition) is 1. The summed E-state index contributed by atoms with van der Waals surface area (Å²) in [5, 5.41) is 3.22. The van der Waals surface area contributed by atoms with Crippen LogP contribution in [0.15, 0.2) is 47.1 Å². The standard InChI is InChI=1S/C15H16BrFN2/c1-18-14(10-13-4-2-3-7-19-13)8-11-5-6-12(16)9-15(11)17/h2-7,9,14,18H,8,10H2,1H3. The average molecular weight is 323 g/mol. The zero-order valence-corrected chi connectivity index (χ0v) is 12.3. The Bertz CT molecular complexity index is 531. The summed E-state index contributed by atoms with van der Waals surface area (Å²) in [5.74, 6) is -0.171. The summed E-state index contributed by atoms with van der Waals surface area (Å²) in [6.45, 7) is 0. The maximum atomic E-state index is 13.8. The van der Waals surface area contributed by atoms with Gasteiger partial charge in [-0.15, -0.1) is 0 Å². The minimum atomic E-state index is -0.171. The van der Waals surface area contributed by atoms with Gasteiger partial charge < -0.3 is 5.32 Å². The van der Waals surface area contributed by atoms with Gasteiger partial charge in [0, 0.05) is 28.8 Å². The van der Waals surface area contributed by atoms with Gasteiger partial charge >= 0.3 is 0 Å². The second-order valence-corrected chi connectivity index (χ2v) is 5.37. The number of benzene rings is 1. The molecule has 0 aliphatic heterocycles. The Hall–Kier alpha value is -1.26. The summed E-state index contributed by atoms with van der Waals surface area (Å²) >= 11 is 3.27. The molecule has 4 heteroatoms. The van der Waals surface area contributed by atoms with Gasteiger partial charge in [0.25, 0.3) is 0 Å². The second kappa shape index (κ2) is 6.78. The molecule has 2 nitrogen and oxygen atoms in total. The van der Waals surface area contributed by atoms with E-state index in [-0.39, 0.29) is 11.9 Å². The fraction of sp³-hybridized carbons (Fsp3) is 0.267. The van der Waals surface area contributed by atoms with Crippen molar-refractivity contribution in [3.63, 3.8) is 0 Å². The van der Waals surface area contributed by atoms with Gasteiger partial charge in [0.1, 0.15) is 5.82 Å². The van der Waals surface area contributed by atoms with Crippen LogP contribution >= 0.6 is 15.9 Å². The molecule has 0 saturated heterocycles. The maximum absolute atomic E-state index is 13.8. The van der Waals surface area contributed by atoms with Crippen LogP contribution in [0.1, 0.15) is 11.3 Å². The number of nitrogens with one attached hydrogen (secondary N) is 1. The number of hydrogen-bond acceptors (Lipinski definition) is 2. The van der Waals surface area contributed by atoms with Crippen LogP contribution in [0.3, 0.4) is 0 Å². The highest BCUT2D eigenvalue weighted by molar-refractivity contribution is 9.10. The fourth-order valence-electron chi connectivity index (χ4n) is 2.00. The molecule has 1 unspecified atom stereocenters. The first-order valence-electron chi connectivity index (χ1n) is 6.20. The van der Waals surface area contributed by atoms with Crippen molar-refractivity contribution in [1.82, 2.24) is 10.3 Å². The van der Waals surface area contributed by atoms with Crippen LogP contribution in [0.2, 0.25) is 0 Å². The zero-order valence-electron chi connectivity index (χ0n) is 10.7. The van der Waals surface area contributed by atoms with E-state index in [1.807, 2.05) is 37.4 Å². The monoisotopic (exact) mass is 322 g/mol. The SMILES string of the molecule is CNC(Cc1ccccn1)Cc1ccc(Br)cc1F. The number of rotatable bonds is 5. The van der Waals surface area contributed by atoms with E-state index in [0.717, 1.165) is 22.2 Å². The Morgan fingerprint density at radius 2 is 2.11 bits per heavy atom. The van der Waals surface area contributed by atoms with Crippen LogP contribution in [0.5, 0.6) is 0 Å². The molecule has 0 spiro atoms. The third-order valence-electron chi connectivity index (χ3n) is 3.07. The smallest absolute Gasteiger partial charge is 0.127 e. The van der Waals surface area contributed by atoms with Gasteiger partial charge in [0.05, 0.1) is 0 Å². The number of aromatic nitrogens is 1. The van der Waals surface area contributed by atoms with Crippen molar-refractivity contribution in [2.75, 3.05) is 7.05 Å². The van der Waals surface area contributed by atoms with Crippen molar-refractivity contribution in [3.05, 3.63) is 64.1 Å². The fourth-order valence-corrected chi connectivity index (χ4v) is 2.33. The summed E-state index contributed by atoms with van der Waals surface area (Å²) in [5.41, 5.74) is 1.73. The Labute approximate surface area is 121 Å². The molecule has 0 aliphatic rings. The van der Waals surface area contributed by atoms with Gasteiger partial charge in [0.15, 0.2) is 0 Å². The highest BCUT2D eigenvalue weighted by Gasteiger charge is 2.12. The molecule has 1 aromatic heterocycles. The second-order valence-electron chi connectivity index (χ2n) is 4.45. The molecule has 1 atom stereocenters. The van der Waals surface area contributed by atoms with Crippen molar-refractivity contribution >= 4 is 15.9 Å². The van der Waals surface area contributed by atoms with Crippen molar-refractivity contribution < 1.29 is 4.39 Å². The molecule has 19 heavy (non-hydrogen) atoms. The lowest BCUT2D eigenvalue weighted by Gasteiger charge is -2.16. The predicted molar refractivity (Wildman–Crippen MR) is 78.6 cm³/mol. The van der Waals surface area contributed by atoms with Gasteiger partial charge in [-0.1, -0.05) is 28.1 Å². The highest BCUT2D eigenvalue weighted by atomic mass is 79.9. The van der Waals surface area contributed by atoms with E-state index < -0.39 is 0 Å². The number of pyridine rings is 1. The highest BCUT2D eigenvalue weighted by Crippen LogP contribution is 2.17. The van der Waals surface area contributed by atoms with Crippen LogP contribution in [0.4, 0.5) is 4.39 Å². The summed E-state index contributed by atoms with van der Waals surface area (Å²) in [4.78, 5) is 4.30. The topological polar surface area (TPSA) is 24.9 Å². The van der Waals surface area contributed by atoms with Crippen LogP contribution in [-0.4, -0.2) is 18.1 Å². The first kappa shape index (κ1) is 14.2. The Morgan fingerprint density at radius 1 is 1.26 bits per heavy atom. The zero-order chi connectivity index (χ0) is 13.7. The molecule has 0 fully saturated rings. The van der Waals surface area contributed by atoms with E-state index in [1.54, 1.807) is 6.20 Å². The first-order chi connectivity index (χ1) is 9.19. The van der Waals surface area contributed by atoms with E-state index in [1.165, 1.54) is 6.07 Å². The third-order valence-corrected chi connectivity index (χ3v) is 3.56. The van der Waals surface area contributed by atoms with Crippen molar-refractivity contribution in [2.45, 2.75) is 18.9 Å². The number of halogens is 2. The lowest BCUT2D eigenvalue weighted by molar-refractivity contribution is 0.527. The Kier molecular flexibility index (Phi) is 5.05. The minimum absolute atomic E-state index is 0.171. The molecule has 0 bridgehead atoms. The number of likely N-dealkylation sites (N-methyl/N-ethyl adjacent to an activating group) is 1. The van der Waals surface area contributed by atoms with E-state index in [2.05, 4.69) is 26.2 Å². The van der Waals surface area contributed by atoms with Gasteiger partial charge in [-0.25, -0.2) is 4.39 Å². The van der Waals surface area contributed by atoms with Gasteiger partial charge in [-0.2, -0.15) is 0 Å². The summed E-state index contributed by atoms with van der Waals surface area (Å²) in [7, 11) is 1.89. The molecule has 1 N–H and O–H groups in total. The lowest BCUT2D eigenvalue weighted by Crippen LogP contribution is -2.30. The van der Waals surface area contributed by atoms with E-state index in [4.69, 9.17) is 0 Å². The summed E-state index contributed by atoms with van der Waals surface area (Å²) < 4.78 is 14.6. The van der Waals surface area contributed by atoms with E-state index >= 15 is 0 Å². The minimum Gasteiger partial charge on any atom is -0.316 e. The molecular formula is C15H16BrFN2. The molecule has 2 aromatic rings. The van der Waals surface area contributed by atoms with E-state index in [9.17, 15) is 4.39 Å². The summed E-state index contributed by atoms with van der Waals surface area (Å²) in [6.07, 6.45) is 3.21. The Balaban J connectivity index is 2.06. The van der Waals surface area contributed by atoms with E-state index in [0.29, 0.717) is 6.42 Å². The summed E-state index contributed by atoms with van der Waals surface area (Å²) in [6, 6.07) is 11.2. The molecule has 1 heterocycles. The maximum Gasteiger partial charge on any atom is 0.127 e. The molecule has 0 aliphatic carbocycles. The number of nitrogens with zero attached hydrogens (tertiary/aromatic N) is 1. The van der Waals surface area contributed by atoms with Crippen LogP contribution < -0.4 is 5.32 Å². The van der Waals surface area contributed by atoms with Crippen molar-refractivity contribution in [3.8, 4) is 0 Å². The van der Waals surface area contributed by atoms with Crippen LogP contribution in [-0.2, 0) is 12.8 Å². The first-order valence-corrected chi connectivity index (χ1v) is 6.99. The molecule has 2 rings (SSSR count). The molecule has 0 amide bonds. The van der Waals surface area contributed by atoms with Gasteiger partial charge in [0.2, 0.25) is 0 Å². The molecule has 1 aromatic carbocycles. The van der Waals surface area contributed by atoms with Crippen molar-refractivity contribution in [1.29, 1.82) is 0 Å². The molecule has 100 valence electrons. The van der Waals surface area contributed by atoms with Gasteiger partial charge in [-0.3, -0.25) is 4.98 Å². The van der Waals surface area contributed by atoms with Crippen LogP contribution in [0, 0.1) is 5.82 Å². The predicted octanol–water partition coefficient (Wildman–Crippen LogP) is 3.36. The lowest BCUT2D eigenvalue weighted by atomic mass is 10.0. The van der Waals surface area contributed by atoms with Gasteiger partial charge in [-0.05, 0) is 43.3 Å². The van der Waals surface area contributed by atoms with Crippen LogP contribution in [0.25, 0.3) is 0 Å².